The number of aryl methyl sites for hydroxylation is 2. The van der Waals surface area contributed by atoms with Crippen LogP contribution in [0.25, 0.3) is 0 Å². The highest BCUT2D eigenvalue weighted by molar-refractivity contribution is 5.36. The van der Waals surface area contributed by atoms with Gasteiger partial charge in [0.2, 0.25) is 0 Å². The molecular formula is C17H25NO. The SMILES string of the molecule is CCNC(CC1CCCO1)c1ccc2c(c1)CCC2. The highest BCUT2D eigenvalue weighted by Crippen LogP contribution is 2.29. The third-order valence-electron chi connectivity index (χ3n) is 4.50. The number of benzene rings is 1. The van der Waals surface area contributed by atoms with E-state index in [9.17, 15) is 0 Å². The van der Waals surface area contributed by atoms with Gasteiger partial charge in [0.25, 0.3) is 0 Å². The summed E-state index contributed by atoms with van der Waals surface area (Å²) in [6.45, 7) is 4.16. The average molecular weight is 259 g/mol. The molecule has 2 atom stereocenters. The van der Waals surface area contributed by atoms with Crippen LogP contribution in [0.2, 0.25) is 0 Å². The third kappa shape index (κ3) is 3.01. The van der Waals surface area contributed by atoms with E-state index in [-0.39, 0.29) is 0 Å². The molecular weight excluding hydrogens is 234 g/mol. The van der Waals surface area contributed by atoms with E-state index in [4.69, 9.17) is 4.74 Å². The largest absolute Gasteiger partial charge is 0.378 e. The van der Waals surface area contributed by atoms with E-state index < -0.39 is 0 Å². The minimum Gasteiger partial charge on any atom is -0.378 e. The fourth-order valence-electron chi connectivity index (χ4n) is 3.49. The second-order valence-corrected chi connectivity index (χ2v) is 5.86. The Kier molecular flexibility index (Phi) is 4.19. The second-order valence-electron chi connectivity index (χ2n) is 5.86. The number of hydrogen-bond donors (Lipinski definition) is 1. The van der Waals surface area contributed by atoms with Crippen molar-refractivity contribution in [2.45, 2.75) is 57.6 Å². The first kappa shape index (κ1) is 13.1. The van der Waals surface area contributed by atoms with E-state index in [1.165, 1.54) is 37.7 Å². The maximum Gasteiger partial charge on any atom is 0.0594 e. The molecule has 1 fully saturated rings. The normalized spacial score (nSPS) is 23.5. The molecule has 1 saturated heterocycles. The van der Waals surface area contributed by atoms with E-state index in [1.807, 2.05) is 0 Å². The number of ether oxygens (including phenoxy) is 1. The van der Waals surface area contributed by atoms with Crippen LogP contribution in [0.5, 0.6) is 0 Å². The van der Waals surface area contributed by atoms with Gasteiger partial charge in [-0.2, -0.15) is 0 Å². The van der Waals surface area contributed by atoms with Gasteiger partial charge in [0.15, 0.2) is 0 Å². The maximum absolute atomic E-state index is 5.80. The van der Waals surface area contributed by atoms with Gasteiger partial charge >= 0.3 is 0 Å². The number of nitrogens with one attached hydrogen (secondary N) is 1. The van der Waals surface area contributed by atoms with Crippen molar-refractivity contribution >= 4 is 0 Å². The Bertz CT molecular complexity index is 423. The van der Waals surface area contributed by atoms with Crippen LogP contribution in [0, 0.1) is 0 Å². The number of fused-ring (bicyclic) bond motifs is 1. The average Bonchev–Trinajstić information content (AvgIpc) is 3.08. The Balaban J connectivity index is 1.74. The second kappa shape index (κ2) is 6.06. The third-order valence-corrected chi connectivity index (χ3v) is 4.50. The summed E-state index contributed by atoms with van der Waals surface area (Å²) >= 11 is 0. The van der Waals surface area contributed by atoms with E-state index >= 15 is 0 Å². The molecule has 2 heteroatoms. The van der Waals surface area contributed by atoms with Crippen molar-refractivity contribution in [3.05, 3.63) is 34.9 Å². The van der Waals surface area contributed by atoms with Gasteiger partial charge in [0, 0.05) is 12.6 Å². The lowest BCUT2D eigenvalue weighted by atomic mass is 9.96. The molecule has 1 aliphatic carbocycles. The predicted octanol–water partition coefficient (Wildman–Crippen LogP) is 3.40. The highest BCUT2D eigenvalue weighted by atomic mass is 16.5. The van der Waals surface area contributed by atoms with Crippen molar-refractivity contribution in [2.24, 2.45) is 0 Å². The number of rotatable bonds is 5. The van der Waals surface area contributed by atoms with E-state index in [0.29, 0.717) is 12.1 Å². The summed E-state index contributed by atoms with van der Waals surface area (Å²) in [4.78, 5) is 0. The predicted molar refractivity (Wildman–Crippen MR) is 78.5 cm³/mol. The molecule has 1 heterocycles. The lowest BCUT2D eigenvalue weighted by Crippen LogP contribution is -2.25. The zero-order valence-electron chi connectivity index (χ0n) is 12.0. The summed E-state index contributed by atoms with van der Waals surface area (Å²) in [6.07, 6.45) is 7.90. The summed E-state index contributed by atoms with van der Waals surface area (Å²) in [6, 6.07) is 7.56. The first-order chi connectivity index (χ1) is 9.36. The quantitative estimate of drug-likeness (QED) is 0.875. The Labute approximate surface area is 116 Å². The lowest BCUT2D eigenvalue weighted by Gasteiger charge is -2.22. The van der Waals surface area contributed by atoms with Gasteiger partial charge in [0.1, 0.15) is 0 Å². The molecule has 0 saturated carbocycles. The summed E-state index contributed by atoms with van der Waals surface area (Å²) in [5, 5.41) is 3.64. The zero-order chi connectivity index (χ0) is 13.1. The van der Waals surface area contributed by atoms with Gasteiger partial charge < -0.3 is 10.1 Å². The standard InChI is InChI=1S/C17H25NO/c1-2-18-17(12-16-7-4-10-19-16)15-9-8-13-5-3-6-14(13)11-15/h8-9,11,16-18H,2-7,10,12H2,1H3. The molecule has 2 unspecified atom stereocenters. The molecule has 0 amide bonds. The molecule has 0 aromatic heterocycles. The summed E-state index contributed by atoms with van der Waals surface area (Å²) in [5.74, 6) is 0. The van der Waals surface area contributed by atoms with Gasteiger partial charge in [-0.3, -0.25) is 0 Å². The first-order valence-corrected chi connectivity index (χ1v) is 7.83. The summed E-state index contributed by atoms with van der Waals surface area (Å²) in [7, 11) is 0. The van der Waals surface area contributed by atoms with E-state index in [0.717, 1.165) is 19.6 Å². The van der Waals surface area contributed by atoms with Crippen LogP contribution in [0.1, 0.15) is 55.3 Å². The monoisotopic (exact) mass is 259 g/mol. The first-order valence-electron chi connectivity index (χ1n) is 7.83. The summed E-state index contributed by atoms with van der Waals surface area (Å²) in [5.41, 5.74) is 4.60. The van der Waals surface area contributed by atoms with Crippen molar-refractivity contribution < 1.29 is 4.74 Å². The summed E-state index contributed by atoms with van der Waals surface area (Å²) < 4.78 is 5.80. The fraction of sp³-hybridized carbons (Fsp3) is 0.647. The smallest absolute Gasteiger partial charge is 0.0594 e. The molecule has 1 N–H and O–H groups in total. The zero-order valence-corrected chi connectivity index (χ0v) is 12.0. The van der Waals surface area contributed by atoms with Crippen LogP contribution in [0.3, 0.4) is 0 Å². The van der Waals surface area contributed by atoms with Crippen LogP contribution in [0.15, 0.2) is 18.2 Å². The van der Waals surface area contributed by atoms with E-state index in [1.54, 1.807) is 11.1 Å². The molecule has 3 rings (SSSR count). The van der Waals surface area contributed by atoms with Crippen molar-refractivity contribution in [1.29, 1.82) is 0 Å². The molecule has 1 aromatic carbocycles. The maximum atomic E-state index is 5.80. The van der Waals surface area contributed by atoms with Crippen LogP contribution in [-0.4, -0.2) is 19.3 Å². The molecule has 0 spiro atoms. The molecule has 104 valence electrons. The Hall–Kier alpha value is -0.860. The van der Waals surface area contributed by atoms with Crippen LogP contribution in [0.4, 0.5) is 0 Å². The topological polar surface area (TPSA) is 21.3 Å². The molecule has 2 aliphatic rings. The van der Waals surface area contributed by atoms with Crippen LogP contribution in [-0.2, 0) is 17.6 Å². The number of hydrogen-bond acceptors (Lipinski definition) is 2. The van der Waals surface area contributed by atoms with Gasteiger partial charge in [-0.05, 0) is 61.8 Å². The fourth-order valence-corrected chi connectivity index (χ4v) is 3.49. The minimum absolute atomic E-state index is 0.456. The van der Waals surface area contributed by atoms with Gasteiger partial charge in [0.05, 0.1) is 6.10 Å². The van der Waals surface area contributed by atoms with E-state index in [2.05, 4.69) is 30.4 Å². The highest BCUT2D eigenvalue weighted by Gasteiger charge is 2.22. The Morgan fingerprint density at radius 2 is 2.16 bits per heavy atom. The molecule has 0 radical (unpaired) electrons. The van der Waals surface area contributed by atoms with Gasteiger partial charge in [-0.25, -0.2) is 0 Å². The van der Waals surface area contributed by atoms with Gasteiger partial charge in [-0.15, -0.1) is 0 Å². The molecule has 2 nitrogen and oxygen atoms in total. The molecule has 1 aliphatic heterocycles. The molecule has 1 aromatic rings. The Morgan fingerprint density at radius 3 is 2.95 bits per heavy atom. The van der Waals surface area contributed by atoms with Crippen molar-refractivity contribution in [3.63, 3.8) is 0 Å². The lowest BCUT2D eigenvalue weighted by molar-refractivity contribution is 0.0947. The molecule has 19 heavy (non-hydrogen) atoms. The van der Waals surface area contributed by atoms with Gasteiger partial charge in [-0.1, -0.05) is 25.1 Å². The Morgan fingerprint density at radius 1 is 1.26 bits per heavy atom. The van der Waals surface area contributed by atoms with Crippen molar-refractivity contribution in [3.8, 4) is 0 Å². The van der Waals surface area contributed by atoms with Crippen LogP contribution < -0.4 is 5.32 Å². The van der Waals surface area contributed by atoms with Crippen molar-refractivity contribution in [1.82, 2.24) is 5.32 Å². The van der Waals surface area contributed by atoms with Crippen molar-refractivity contribution in [2.75, 3.05) is 13.2 Å². The minimum atomic E-state index is 0.456. The van der Waals surface area contributed by atoms with Crippen LogP contribution >= 0.6 is 0 Å². The molecule has 0 bridgehead atoms.